The smallest absolute Gasteiger partial charge is 0.330 e. The highest BCUT2D eigenvalue weighted by molar-refractivity contribution is 6.00. The minimum Gasteiger partial charge on any atom is -0.508 e. The third-order valence-corrected chi connectivity index (χ3v) is 16.1. The van der Waals surface area contributed by atoms with Gasteiger partial charge in [0.1, 0.15) is 66.7 Å². The van der Waals surface area contributed by atoms with E-state index in [1.807, 2.05) is 12.3 Å². The van der Waals surface area contributed by atoms with Crippen LogP contribution in [0.2, 0.25) is 0 Å². The van der Waals surface area contributed by atoms with Crippen LogP contribution < -0.4 is 70.6 Å². The van der Waals surface area contributed by atoms with E-state index in [9.17, 15) is 48.3 Å². The summed E-state index contributed by atoms with van der Waals surface area (Å²) in [5, 5.41) is 32.5. The molecule has 2 aliphatic heterocycles. The predicted molar refractivity (Wildman–Crippen MR) is 357 cm³/mol. The van der Waals surface area contributed by atoms with E-state index in [0.29, 0.717) is 47.0 Å². The zero-order valence-corrected chi connectivity index (χ0v) is 56.1. The fraction of sp³-hybridized carbons (Fsp3) is 0.538. The first-order valence-corrected chi connectivity index (χ1v) is 32.8. The summed E-state index contributed by atoms with van der Waals surface area (Å²) < 4.78 is 11.7. The largest absolute Gasteiger partial charge is 0.508 e. The number of hydrogen-bond acceptors (Lipinski definition) is 17. The summed E-state index contributed by atoms with van der Waals surface area (Å²) >= 11 is 0. The molecule has 12 amide bonds. The average Bonchev–Trinajstić information content (AvgIpc) is 1.63. The molecule has 0 aliphatic carbocycles. The van der Waals surface area contributed by atoms with Crippen molar-refractivity contribution in [1.29, 1.82) is 0 Å². The molecule has 2 aromatic carbocycles. The molecule has 19 N–H and O–H groups in total. The van der Waals surface area contributed by atoms with Gasteiger partial charge in [0.15, 0.2) is 5.96 Å². The number of esters is 1. The topological polar surface area (TPSA) is 502 Å². The first-order valence-electron chi connectivity index (χ1n) is 32.8. The first-order chi connectivity index (χ1) is 46.6. The van der Waals surface area contributed by atoms with Crippen LogP contribution in [0.3, 0.4) is 0 Å². The van der Waals surface area contributed by atoms with Crippen molar-refractivity contribution in [2.24, 2.45) is 28.1 Å². The van der Waals surface area contributed by atoms with E-state index in [-0.39, 0.29) is 101 Å². The third kappa shape index (κ3) is 24.7. The number of aromatic hydroxyl groups is 1. The maximum absolute atomic E-state index is 15.1. The summed E-state index contributed by atoms with van der Waals surface area (Å²) in [6.07, 6.45) is 6.62. The number of urea groups is 1. The Bertz CT molecular complexity index is 3440. The summed E-state index contributed by atoms with van der Waals surface area (Å²) in [7, 11) is 0. The molecular formula is C65H94N18O15. The molecule has 4 aromatic rings. The molecule has 0 spiro atoms. The number of carbonyl (C=O) groups excluding carboxylic acids is 12. The van der Waals surface area contributed by atoms with Gasteiger partial charge in [0.05, 0.1) is 18.5 Å². The van der Waals surface area contributed by atoms with Gasteiger partial charge < -0.3 is 89.2 Å². The van der Waals surface area contributed by atoms with Gasteiger partial charge in [0, 0.05) is 74.2 Å². The highest BCUT2D eigenvalue weighted by Gasteiger charge is 2.41. The summed E-state index contributed by atoms with van der Waals surface area (Å²) in [5.41, 5.74) is 21.6. The minimum atomic E-state index is -1.80. The number of unbranched alkanes of at least 4 members (excludes halogenated alkanes) is 2. The highest BCUT2D eigenvalue weighted by atomic mass is 16.5. The fourth-order valence-corrected chi connectivity index (χ4v) is 11.0. The Hall–Kier alpha value is -10.3. The maximum Gasteiger partial charge on any atom is 0.330 e. The Kier molecular flexibility index (Phi) is 29.1. The molecule has 33 heteroatoms. The van der Waals surface area contributed by atoms with Crippen LogP contribution in [0.1, 0.15) is 129 Å². The van der Waals surface area contributed by atoms with E-state index < -0.39 is 138 Å². The molecule has 9 atom stereocenters. The number of hydrazine groups is 1. The number of H-pyrrole nitrogens is 2. The zero-order chi connectivity index (χ0) is 71.6. The number of nitrogens with one attached hydrogen (secondary N) is 12. The lowest BCUT2D eigenvalue weighted by atomic mass is 10.0. The SMILES string of the molecule is CCCCCC(=O)OC[C@H](NC(=O)[C@H](Cc1c[nH]c2ccccc12)NC(=O)[C@H](Cc1cnc[nH]1)NC(=O)[C@@H]1CCC(=O)N1)C(=O)N[C@@H](Cc1ccc(O)cc1)C(=O)N[C@H](COC(C)(C)C)C(=O)N[C@@H](CC(C)C)C(=O)N[C@@H](CCCN=C(N)N)C(=O)N1CCC[C@H]1C(=O)NNC(N)=O. The van der Waals surface area contributed by atoms with E-state index in [2.05, 4.69) is 67.9 Å². The first kappa shape index (κ1) is 76.7. The number of aromatic nitrogens is 3. The number of guanidine groups is 1. The number of ether oxygens (including phenoxy) is 2. The average molecular weight is 1370 g/mol. The molecular weight excluding hydrogens is 1270 g/mol. The van der Waals surface area contributed by atoms with E-state index in [0.717, 1.165) is 6.42 Å². The number of hydrogen-bond donors (Lipinski definition) is 16. The Morgan fingerprint density at radius 1 is 0.704 bits per heavy atom. The van der Waals surface area contributed by atoms with Crippen LogP contribution in [-0.4, -0.2) is 188 Å². The number of imidazole rings is 1. The number of para-hydroxylation sites is 1. The quantitative estimate of drug-likeness (QED) is 0.00856. The van der Waals surface area contributed by atoms with Crippen LogP contribution in [0.5, 0.6) is 5.75 Å². The van der Waals surface area contributed by atoms with E-state index in [4.69, 9.17) is 26.7 Å². The molecule has 6 rings (SSSR count). The van der Waals surface area contributed by atoms with Gasteiger partial charge in [0.2, 0.25) is 53.2 Å². The number of benzene rings is 2. The number of nitrogens with two attached hydrogens (primary N) is 3. The van der Waals surface area contributed by atoms with Gasteiger partial charge in [-0.2, -0.15) is 0 Å². The van der Waals surface area contributed by atoms with Gasteiger partial charge in [0.25, 0.3) is 5.91 Å². The van der Waals surface area contributed by atoms with E-state index >= 15 is 14.4 Å². The van der Waals surface area contributed by atoms with Crippen LogP contribution >= 0.6 is 0 Å². The molecule has 98 heavy (non-hydrogen) atoms. The fourth-order valence-electron chi connectivity index (χ4n) is 11.0. The van der Waals surface area contributed by atoms with Gasteiger partial charge in [-0.3, -0.25) is 63.2 Å². The minimum absolute atomic E-state index is 0.00736. The molecule has 2 aliphatic rings. The summed E-state index contributed by atoms with van der Waals surface area (Å²) in [6.45, 7) is 9.45. The second kappa shape index (κ2) is 37.2. The number of aromatic amines is 2. The number of carbonyl (C=O) groups is 12. The predicted octanol–water partition coefficient (Wildman–Crippen LogP) is -0.975. The van der Waals surface area contributed by atoms with Gasteiger partial charge in [-0.05, 0) is 101 Å². The molecule has 2 fully saturated rings. The molecule has 0 radical (unpaired) electrons. The van der Waals surface area contributed by atoms with Gasteiger partial charge in [-0.1, -0.05) is 63.9 Å². The molecule has 33 nitrogen and oxygen atoms in total. The maximum atomic E-state index is 15.1. The van der Waals surface area contributed by atoms with Crippen molar-refractivity contribution in [3.8, 4) is 5.75 Å². The normalized spacial score (nSPS) is 16.5. The molecule has 4 heterocycles. The third-order valence-electron chi connectivity index (χ3n) is 16.1. The molecule has 2 aromatic heterocycles. The highest BCUT2D eigenvalue weighted by Crippen LogP contribution is 2.23. The number of amides is 12. The lowest BCUT2D eigenvalue weighted by molar-refractivity contribution is -0.147. The number of likely N-dealkylation sites (tertiary alicyclic amines) is 1. The number of aliphatic imine (C=N–C) groups is 1. The van der Waals surface area contributed by atoms with Crippen LogP contribution in [0, 0.1) is 5.92 Å². The van der Waals surface area contributed by atoms with E-state index in [1.165, 1.54) is 41.7 Å². The van der Waals surface area contributed by atoms with Crippen LogP contribution in [0.15, 0.2) is 72.2 Å². The molecule has 2 saturated heterocycles. The number of rotatable bonds is 36. The van der Waals surface area contributed by atoms with Gasteiger partial charge in [-0.15, -0.1) is 0 Å². The summed E-state index contributed by atoms with van der Waals surface area (Å²) in [4.78, 5) is 183. The molecule has 0 saturated carbocycles. The Morgan fingerprint density at radius 3 is 1.93 bits per heavy atom. The van der Waals surface area contributed by atoms with Gasteiger partial charge in [-0.25, -0.2) is 15.2 Å². The van der Waals surface area contributed by atoms with E-state index in [1.54, 1.807) is 65.1 Å². The van der Waals surface area contributed by atoms with Crippen LogP contribution in [-0.2, 0) is 81.5 Å². The Morgan fingerprint density at radius 2 is 1.32 bits per heavy atom. The van der Waals surface area contributed by atoms with Crippen molar-refractivity contribution < 1.29 is 72.1 Å². The van der Waals surface area contributed by atoms with Crippen molar-refractivity contribution >= 4 is 87.9 Å². The standard InChI is InChI=1S/C65H94N18O15/c1-7-8-9-18-53(86)97-33-49(79-57(90)47(29-38-31-71-42-15-11-10-14-41(38)42)77-58(91)48(30-39-32-69-35-72-39)78-54(87)43-23-24-52(85)73-43)59(92)76-46(28-37-19-21-40(84)22-20-37)56(89)80-50(34-98-65(4,5)6)60(93)75-45(27-36(2)3)55(88)74-44(16-12-25-70-63(66)67)62(95)83-26-13-17-51(83)61(94)81-82-64(68)96/h10-11,14-15,19-22,31-32,35-36,43-51,71,84H,7-9,12-13,16-18,23-30,33-34H2,1-6H3,(H,69,72)(H,73,85)(H,74,88)(H,75,93)(H,76,92)(H,77,91)(H,78,87)(H,79,90)(H,80,89)(H,81,94)(H4,66,67,70)(H3,68,82,96)/t43-,44-,45-,46-,47-,48-,49-,50+,51-/m0/s1. The number of phenols is 1. The summed E-state index contributed by atoms with van der Waals surface area (Å²) in [5.74, 6) is -9.37. The van der Waals surface area contributed by atoms with Crippen molar-refractivity contribution in [2.45, 2.75) is 191 Å². The van der Waals surface area contributed by atoms with Crippen molar-refractivity contribution in [3.05, 3.63) is 84.1 Å². The Balaban J connectivity index is 1.31. The number of fused-ring (bicyclic) bond motifs is 1. The number of primary amides is 1. The van der Waals surface area contributed by atoms with Crippen LogP contribution in [0.4, 0.5) is 4.79 Å². The number of nitrogens with zero attached hydrogens (tertiary/aromatic N) is 3. The van der Waals surface area contributed by atoms with Gasteiger partial charge >= 0.3 is 12.0 Å². The molecule has 534 valence electrons. The molecule has 0 unspecified atom stereocenters. The molecule has 0 bridgehead atoms. The lowest BCUT2D eigenvalue weighted by Crippen LogP contribution is -2.62. The second-order valence-corrected chi connectivity index (χ2v) is 25.6. The van der Waals surface area contributed by atoms with Crippen molar-refractivity contribution in [2.75, 3.05) is 26.3 Å². The summed E-state index contributed by atoms with van der Waals surface area (Å²) in [6, 6.07) is -0.871. The second-order valence-electron chi connectivity index (χ2n) is 25.6. The lowest BCUT2D eigenvalue weighted by Gasteiger charge is -2.31. The monoisotopic (exact) mass is 1370 g/mol. The zero-order valence-electron chi connectivity index (χ0n) is 56.1. The number of phenolic OH excluding ortho intramolecular Hbond substituents is 1. The Labute approximate surface area is 566 Å². The van der Waals surface area contributed by atoms with Crippen molar-refractivity contribution in [1.82, 2.24) is 73.2 Å². The van der Waals surface area contributed by atoms with Crippen LogP contribution in [0.25, 0.3) is 10.9 Å². The van der Waals surface area contributed by atoms with Crippen molar-refractivity contribution in [3.63, 3.8) is 0 Å².